The van der Waals surface area contributed by atoms with E-state index in [1.807, 2.05) is 0 Å². The molecule has 5 atom stereocenters. The molecule has 3 unspecified atom stereocenters. The predicted octanol–water partition coefficient (Wildman–Crippen LogP) is 19.4. The van der Waals surface area contributed by atoms with Crippen molar-refractivity contribution in [1.29, 1.82) is 0 Å². The van der Waals surface area contributed by atoms with E-state index in [1.54, 1.807) is 0 Å². The Morgan fingerprint density at radius 3 is 0.910 bits per heavy atom. The van der Waals surface area contributed by atoms with Gasteiger partial charge in [0.15, 0.2) is 12.2 Å². The average molecular weight is 1310 g/mol. The average Bonchev–Trinajstić information content (AvgIpc) is 3.59. The summed E-state index contributed by atoms with van der Waals surface area (Å²) >= 11 is 0. The molecule has 0 aromatic heterocycles. The van der Waals surface area contributed by atoms with Gasteiger partial charge in [-0.25, -0.2) is 9.13 Å². The van der Waals surface area contributed by atoms with Gasteiger partial charge >= 0.3 is 39.5 Å². The molecule has 524 valence electrons. The molecule has 0 saturated carbocycles. The van der Waals surface area contributed by atoms with Gasteiger partial charge in [0.1, 0.15) is 19.3 Å². The topological polar surface area (TPSA) is 237 Å². The molecular formula is C70H132O17P2. The van der Waals surface area contributed by atoms with Crippen molar-refractivity contribution < 1.29 is 80.2 Å². The molecule has 0 rings (SSSR count). The Balaban J connectivity index is 5.26. The zero-order chi connectivity index (χ0) is 65.9. The summed E-state index contributed by atoms with van der Waals surface area (Å²) in [6.45, 7) is 11.7. The third-order valence-corrected chi connectivity index (χ3v) is 17.4. The first kappa shape index (κ1) is 86.5. The predicted molar refractivity (Wildman–Crippen MR) is 358 cm³/mol. The molecule has 0 amide bonds. The van der Waals surface area contributed by atoms with E-state index in [4.69, 9.17) is 37.0 Å². The van der Waals surface area contributed by atoms with Crippen LogP contribution in [0, 0.1) is 17.8 Å². The zero-order valence-electron chi connectivity index (χ0n) is 57.4. The maximum absolute atomic E-state index is 13.0. The standard InChI is InChI=1S/C70H132O17P2/c1-8-9-10-11-12-13-14-15-16-17-20-23-30-37-44-51-67(72)80-57-66(87-70(75)54-47-40-33-26-29-36-43-50-63(6)7)60-85-89(78,79)83-56-64(71)55-82-88(76,77)84-59-65(58-81-68(73)52-45-38-32-25-28-35-42-49-62(4)5)86-69(74)53-46-39-31-24-21-18-19-22-27-34-41-48-61(2)3/h13-16,61-66,71H,8-12,17-60H2,1-7H3,(H,76,77)(H,78,79)/b14-13-,16-15-/t64?,65-,66-/m1/s1. The lowest BCUT2D eigenvalue weighted by Crippen LogP contribution is -2.30. The molecular weight excluding hydrogens is 1170 g/mol. The lowest BCUT2D eigenvalue weighted by atomic mass is 10.0. The van der Waals surface area contributed by atoms with E-state index < -0.39 is 97.5 Å². The number of carbonyl (C=O) groups excluding carboxylic acids is 4. The highest BCUT2D eigenvalue weighted by molar-refractivity contribution is 7.47. The fourth-order valence-electron chi connectivity index (χ4n) is 10.0. The molecule has 0 aliphatic rings. The molecule has 0 spiro atoms. The first-order chi connectivity index (χ1) is 42.7. The van der Waals surface area contributed by atoms with Crippen molar-refractivity contribution >= 4 is 39.5 Å². The van der Waals surface area contributed by atoms with E-state index in [0.29, 0.717) is 37.5 Å². The molecule has 0 aliphatic heterocycles. The molecule has 0 saturated heterocycles. The van der Waals surface area contributed by atoms with Gasteiger partial charge in [-0.1, -0.05) is 272 Å². The van der Waals surface area contributed by atoms with Crippen LogP contribution in [-0.4, -0.2) is 96.7 Å². The number of phosphoric acid groups is 2. The molecule has 89 heavy (non-hydrogen) atoms. The van der Waals surface area contributed by atoms with Gasteiger partial charge in [-0.3, -0.25) is 37.3 Å². The molecule has 17 nitrogen and oxygen atoms in total. The van der Waals surface area contributed by atoms with Gasteiger partial charge in [-0.05, 0) is 69.1 Å². The van der Waals surface area contributed by atoms with Crippen LogP contribution in [0.2, 0.25) is 0 Å². The number of esters is 4. The van der Waals surface area contributed by atoms with Crippen LogP contribution in [0.5, 0.6) is 0 Å². The van der Waals surface area contributed by atoms with Crippen molar-refractivity contribution in [2.24, 2.45) is 17.8 Å². The molecule has 0 radical (unpaired) electrons. The summed E-state index contributed by atoms with van der Waals surface area (Å²) < 4.78 is 68.2. The summed E-state index contributed by atoms with van der Waals surface area (Å²) in [5.74, 6) is -0.000796. The van der Waals surface area contributed by atoms with Crippen LogP contribution in [-0.2, 0) is 65.4 Å². The number of hydrogen-bond acceptors (Lipinski definition) is 15. The SMILES string of the molecule is CCCCCC/C=C\C=C/CCCCCCCC(=O)OC[C@H](COP(=O)(O)OCC(O)COP(=O)(O)OC[C@@H](COC(=O)CCCCCCCCCC(C)C)OC(=O)CCCCCCCCCCCCCC(C)C)OC(=O)CCCCCCCCCC(C)C. The third-order valence-electron chi connectivity index (χ3n) is 15.5. The lowest BCUT2D eigenvalue weighted by molar-refractivity contribution is -0.161. The fraction of sp³-hybridized carbons (Fsp3) is 0.886. The number of aliphatic hydroxyl groups is 1. The number of allylic oxidation sites excluding steroid dienone is 4. The number of phosphoric ester groups is 2. The van der Waals surface area contributed by atoms with Gasteiger partial charge in [0.2, 0.25) is 0 Å². The minimum atomic E-state index is -4.96. The van der Waals surface area contributed by atoms with Crippen molar-refractivity contribution in [3.8, 4) is 0 Å². The van der Waals surface area contributed by atoms with Crippen LogP contribution in [0.4, 0.5) is 0 Å². The molecule has 0 heterocycles. The first-order valence-electron chi connectivity index (χ1n) is 35.7. The Morgan fingerprint density at radius 2 is 0.607 bits per heavy atom. The largest absolute Gasteiger partial charge is 0.472 e. The van der Waals surface area contributed by atoms with Crippen LogP contribution in [0.3, 0.4) is 0 Å². The molecule has 0 fully saturated rings. The second-order valence-corrected chi connectivity index (χ2v) is 28.9. The van der Waals surface area contributed by atoms with Gasteiger partial charge in [0, 0.05) is 25.7 Å². The number of ether oxygens (including phenoxy) is 4. The maximum atomic E-state index is 13.0. The van der Waals surface area contributed by atoms with E-state index in [0.717, 1.165) is 121 Å². The molecule has 0 aromatic rings. The van der Waals surface area contributed by atoms with E-state index in [-0.39, 0.29) is 25.7 Å². The Labute approximate surface area is 542 Å². The summed E-state index contributed by atoms with van der Waals surface area (Å²) in [6, 6.07) is 0. The lowest BCUT2D eigenvalue weighted by Gasteiger charge is -2.21. The highest BCUT2D eigenvalue weighted by Crippen LogP contribution is 2.45. The van der Waals surface area contributed by atoms with Gasteiger partial charge < -0.3 is 33.8 Å². The van der Waals surface area contributed by atoms with Gasteiger partial charge in [-0.15, -0.1) is 0 Å². The highest BCUT2D eigenvalue weighted by atomic mass is 31.2. The first-order valence-corrected chi connectivity index (χ1v) is 38.7. The van der Waals surface area contributed by atoms with Crippen LogP contribution >= 0.6 is 15.6 Å². The van der Waals surface area contributed by atoms with Gasteiger partial charge in [-0.2, -0.15) is 0 Å². The van der Waals surface area contributed by atoms with Crippen molar-refractivity contribution in [2.45, 2.75) is 343 Å². The number of hydrogen-bond donors (Lipinski definition) is 3. The Morgan fingerprint density at radius 1 is 0.348 bits per heavy atom. The minimum Gasteiger partial charge on any atom is -0.462 e. The molecule has 3 N–H and O–H groups in total. The summed E-state index contributed by atoms with van der Waals surface area (Å²) in [5, 5.41) is 10.6. The van der Waals surface area contributed by atoms with E-state index in [1.165, 1.54) is 109 Å². The maximum Gasteiger partial charge on any atom is 0.472 e. The van der Waals surface area contributed by atoms with Gasteiger partial charge in [0.25, 0.3) is 0 Å². The quantitative estimate of drug-likeness (QED) is 0.0169. The van der Waals surface area contributed by atoms with Crippen molar-refractivity contribution in [1.82, 2.24) is 0 Å². The Kier molecular flexibility index (Phi) is 58.8. The van der Waals surface area contributed by atoms with Crippen molar-refractivity contribution in [3.05, 3.63) is 24.3 Å². The second-order valence-electron chi connectivity index (χ2n) is 26.0. The van der Waals surface area contributed by atoms with Crippen molar-refractivity contribution in [3.63, 3.8) is 0 Å². The number of unbranched alkanes of at least 4 members (excludes halogenated alkanes) is 31. The Bertz CT molecular complexity index is 1840. The highest BCUT2D eigenvalue weighted by Gasteiger charge is 2.30. The third kappa shape index (κ3) is 64.1. The molecule has 0 aromatic carbocycles. The summed E-state index contributed by atoms with van der Waals surface area (Å²) in [5.41, 5.74) is 0. The summed E-state index contributed by atoms with van der Waals surface area (Å²) in [6.07, 6.45) is 46.8. The van der Waals surface area contributed by atoms with E-state index >= 15 is 0 Å². The molecule has 0 aliphatic carbocycles. The minimum absolute atomic E-state index is 0.0961. The monoisotopic (exact) mass is 1310 g/mol. The van der Waals surface area contributed by atoms with Crippen molar-refractivity contribution in [2.75, 3.05) is 39.6 Å². The number of rotatable bonds is 66. The second kappa shape index (κ2) is 60.5. The normalized spacial score (nSPS) is 14.4. The van der Waals surface area contributed by atoms with Crippen LogP contribution in [0.25, 0.3) is 0 Å². The number of aliphatic hydroxyl groups excluding tert-OH is 1. The van der Waals surface area contributed by atoms with Crippen LogP contribution in [0.1, 0.15) is 325 Å². The smallest absolute Gasteiger partial charge is 0.462 e. The molecule has 19 heteroatoms. The summed E-state index contributed by atoms with van der Waals surface area (Å²) in [4.78, 5) is 72.5. The summed E-state index contributed by atoms with van der Waals surface area (Å²) in [7, 11) is -9.91. The van der Waals surface area contributed by atoms with Crippen LogP contribution in [0.15, 0.2) is 24.3 Å². The van der Waals surface area contributed by atoms with Gasteiger partial charge in [0.05, 0.1) is 26.4 Å². The van der Waals surface area contributed by atoms with E-state index in [2.05, 4.69) is 72.8 Å². The Hall–Kier alpha value is -2.46. The van der Waals surface area contributed by atoms with E-state index in [9.17, 15) is 43.2 Å². The zero-order valence-corrected chi connectivity index (χ0v) is 59.2. The van der Waals surface area contributed by atoms with Crippen LogP contribution < -0.4 is 0 Å². The fourth-order valence-corrected chi connectivity index (χ4v) is 11.6. The molecule has 0 bridgehead atoms. The number of carbonyl (C=O) groups is 4.